The molecule has 1 aliphatic rings. The minimum absolute atomic E-state index is 0.754. The van der Waals surface area contributed by atoms with Crippen molar-refractivity contribution < 1.29 is 4.74 Å². The number of hydrogen-bond donors (Lipinski definition) is 1. The lowest BCUT2D eigenvalue weighted by molar-refractivity contribution is 0.225. The Morgan fingerprint density at radius 3 is 2.47 bits per heavy atom. The van der Waals surface area contributed by atoms with Gasteiger partial charge in [0.15, 0.2) is 0 Å². The molecule has 0 atom stereocenters. The first-order chi connectivity index (χ1) is 14.8. The Kier molecular flexibility index (Phi) is 5.33. The van der Waals surface area contributed by atoms with E-state index in [1.54, 1.807) is 0 Å². The molecule has 4 heteroatoms. The Hall–Kier alpha value is -2.98. The number of ether oxygens (including phenoxy) is 1. The van der Waals surface area contributed by atoms with Crippen LogP contribution in [0.4, 0.5) is 5.69 Å². The Labute approximate surface area is 178 Å². The average molecular weight is 400 g/mol. The summed E-state index contributed by atoms with van der Waals surface area (Å²) in [5.41, 5.74) is 5.06. The minimum atomic E-state index is 0.754. The maximum Gasteiger partial charge on any atom is 0.121 e. The van der Waals surface area contributed by atoms with E-state index in [0.717, 1.165) is 57.0 Å². The number of rotatable bonds is 6. The number of hydrogen-bond acceptors (Lipinski definition) is 3. The van der Waals surface area contributed by atoms with E-state index in [1.807, 2.05) is 0 Å². The maximum atomic E-state index is 6.05. The van der Waals surface area contributed by atoms with Crippen LogP contribution < -0.4 is 9.64 Å². The molecule has 1 N–H and O–H groups in total. The molecular formula is C26H29N3O. The monoisotopic (exact) mass is 399 g/mol. The van der Waals surface area contributed by atoms with Gasteiger partial charge >= 0.3 is 0 Å². The highest BCUT2D eigenvalue weighted by Gasteiger charge is 2.17. The third-order valence-electron chi connectivity index (χ3n) is 6.19. The highest BCUT2D eigenvalue weighted by atomic mass is 16.5. The SMILES string of the molecule is Cc1ccccc1N1CCN(CCCOc2ccc3c(c2)[nH]c2ccccc23)CC1. The van der Waals surface area contributed by atoms with E-state index >= 15 is 0 Å². The number of fused-ring (bicyclic) bond motifs is 3. The van der Waals surface area contributed by atoms with Gasteiger partial charge in [-0.3, -0.25) is 4.90 Å². The molecule has 2 heterocycles. The highest BCUT2D eigenvalue weighted by molar-refractivity contribution is 6.07. The predicted octanol–water partition coefficient (Wildman–Crippen LogP) is 5.22. The second kappa shape index (κ2) is 8.41. The fourth-order valence-corrected chi connectivity index (χ4v) is 4.53. The van der Waals surface area contributed by atoms with Crippen LogP contribution in [0.1, 0.15) is 12.0 Å². The molecule has 0 aliphatic carbocycles. The van der Waals surface area contributed by atoms with Gasteiger partial charge in [-0.25, -0.2) is 0 Å². The lowest BCUT2D eigenvalue weighted by Gasteiger charge is -2.36. The number of H-pyrrole nitrogens is 1. The molecule has 4 nitrogen and oxygen atoms in total. The molecule has 4 aromatic rings. The summed E-state index contributed by atoms with van der Waals surface area (Å²) in [7, 11) is 0. The summed E-state index contributed by atoms with van der Waals surface area (Å²) in [6, 6.07) is 23.5. The number of piperazine rings is 1. The standard InChI is InChI=1S/C26H29N3O/c1-20-7-2-5-10-26(20)29-16-14-28(15-17-29)13-6-18-30-21-11-12-23-22-8-3-4-9-24(22)27-25(23)19-21/h2-5,7-12,19,27H,6,13-18H2,1H3. The molecule has 3 aromatic carbocycles. The number of aryl methyl sites for hydroxylation is 1. The van der Waals surface area contributed by atoms with Crippen molar-refractivity contribution in [1.82, 2.24) is 9.88 Å². The van der Waals surface area contributed by atoms with Crippen molar-refractivity contribution in [2.24, 2.45) is 0 Å². The van der Waals surface area contributed by atoms with E-state index in [0.29, 0.717) is 0 Å². The van der Waals surface area contributed by atoms with Crippen LogP contribution in [-0.2, 0) is 0 Å². The molecule has 154 valence electrons. The lowest BCUT2D eigenvalue weighted by atomic mass is 10.1. The van der Waals surface area contributed by atoms with Crippen LogP contribution in [0.15, 0.2) is 66.7 Å². The summed E-state index contributed by atoms with van der Waals surface area (Å²) >= 11 is 0. The van der Waals surface area contributed by atoms with Gasteiger partial charge in [0, 0.05) is 60.8 Å². The molecule has 5 rings (SSSR count). The molecule has 1 aromatic heterocycles. The summed E-state index contributed by atoms with van der Waals surface area (Å²) < 4.78 is 6.05. The molecule has 0 saturated carbocycles. The van der Waals surface area contributed by atoms with Crippen LogP contribution in [0.25, 0.3) is 21.8 Å². The van der Waals surface area contributed by atoms with E-state index < -0.39 is 0 Å². The second-order valence-corrected chi connectivity index (χ2v) is 8.20. The van der Waals surface area contributed by atoms with Crippen molar-refractivity contribution >= 4 is 27.5 Å². The molecule has 0 unspecified atom stereocenters. The van der Waals surface area contributed by atoms with Gasteiger partial charge < -0.3 is 14.6 Å². The van der Waals surface area contributed by atoms with Gasteiger partial charge in [0.05, 0.1) is 12.1 Å². The fourth-order valence-electron chi connectivity index (χ4n) is 4.53. The van der Waals surface area contributed by atoms with Crippen molar-refractivity contribution in [3.05, 3.63) is 72.3 Å². The van der Waals surface area contributed by atoms with E-state index in [1.165, 1.54) is 27.5 Å². The number of benzene rings is 3. The molecule has 1 aliphatic heterocycles. The van der Waals surface area contributed by atoms with Crippen molar-refractivity contribution in [1.29, 1.82) is 0 Å². The van der Waals surface area contributed by atoms with Gasteiger partial charge in [0.2, 0.25) is 0 Å². The van der Waals surface area contributed by atoms with Crippen molar-refractivity contribution in [2.45, 2.75) is 13.3 Å². The number of nitrogens with zero attached hydrogens (tertiary/aromatic N) is 2. The first-order valence-corrected chi connectivity index (χ1v) is 10.9. The summed E-state index contributed by atoms with van der Waals surface area (Å²) in [6.45, 7) is 8.49. The topological polar surface area (TPSA) is 31.5 Å². The number of aromatic nitrogens is 1. The van der Waals surface area contributed by atoms with Crippen LogP contribution in [0.3, 0.4) is 0 Å². The normalized spacial score (nSPS) is 15.2. The third kappa shape index (κ3) is 3.88. The quantitative estimate of drug-likeness (QED) is 0.451. The van der Waals surface area contributed by atoms with Crippen molar-refractivity contribution in [3.63, 3.8) is 0 Å². The maximum absolute atomic E-state index is 6.05. The number of anilines is 1. The zero-order chi connectivity index (χ0) is 20.3. The molecule has 0 amide bonds. The van der Waals surface area contributed by atoms with Crippen LogP contribution in [0, 0.1) is 6.92 Å². The van der Waals surface area contributed by atoms with Gasteiger partial charge in [-0.05, 0) is 43.2 Å². The Morgan fingerprint density at radius 1 is 0.833 bits per heavy atom. The Balaban J connectivity index is 1.10. The Morgan fingerprint density at radius 2 is 1.60 bits per heavy atom. The van der Waals surface area contributed by atoms with Gasteiger partial charge in [-0.1, -0.05) is 36.4 Å². The highest BCUT2D eigenvalue weighted by Crippen LogP contribution is 2.28. The van der Waals surface area contributed by atoms with Crippen molar-refractivity contribution in [3.8, 4) is 5.75 Å². The summed E-state index contributed by atoms with van der Waals surface area (Å²) in [5.74, 6) is 0.943. The molecular weight excluding hydrogens is 370 g/mol. The van der Waals surface area contributed by atoms with Gasteiger partial charge in [-0.2, -0.15) is 0 Å². The van der Waals surface area contributed by atoms with E-state index in [2.05, 4.69) is 88.4 Å². The van der Waals surface area contributed by atoms with Gasteiger partial charge in [-0.15, -0.1) is 0 Å². The molecule has 0 spiro atoms. The van der Waals surface area contributed by atoms with Crippen LogP contribution >= 0.6 is 0 Å². The van der Waals surface area contributed by atoms with Gasteiger partial charge in [0.1, 0.15) is 5.75 Å². The largest absolute Gasteiger partial charge is 0.493 e. The summed E-state index contributed by atoms with van der Waals surface area (Å²) in [5, 5.41) is 2.52. The van der Waals surface area contributed by atoms with E-state index in [4.69, 9.17) is 4.74 Å². The zero-order valence-corrected chi connectivity index (χ0v) is 17.6. The molecule has 1 fully saturated rings. The smallest absolute Gasteiger partial charge is 0.121 e. The first kappa shape index (κ1) is 19.0. The molecule has 0 radical (unpaired) electrons. The van der Waals surface area contributed by atoms with Crippen LogP contribution in [0.5, 0.6) is 5.75 Å². The van der Waals surface area contributed by atoms with E-state index in [9.17, 15) is 0 Å². The minimum Gasteiger partial charge on any atom is -0.493 e. The Bertz CT molecular complexity index is 1140. The number of aromatic amines is 1. The first-order valence-electron chi connectivity index (χ1n) is 10.9. The predicted molar refractivity (Wildman–Crippen MR) is 126 cm³/mol. The van der Waals surface area contributed by atoms with Crippen molar-refractivity contribution in [2.75, 3.05) is 44.2 Å². The average Bonchev–Trinajstić information content (AvgIpc) is 3.15. The fraction of sp³-hybridized carbons (Fsp3) is 0.308. The third-order valence-corrected chi connectivity index (χ3v) is 6.19. The molecule has 1 saturated heterocycles. The van der Waals surface area contributed by atoms with Gasteiger partial charge in [0.25, 0.3) is 0 Å². The summed E-state index contributed by atoms with van der Waals surface area (Å²) in [6.07, 6.45) is 1.05. The molecule has 30 heavy (non-hydrogen) atoms. The second-order valence-electron chi connectivity index (χ2n) is 8.20. The number of para-hydroxylation sites is 2. The number of nitrogens with one attached hydrogen (secondary N) is 1. The zero-order valence-electron chi connectivity index (χ0n) is 17.6. The lowest BCUT2D eigenvalue weighted by Crippen LogP contribution is -2.47. The van der Waals surface area contributed by atoms with Crippen LogP contribution in [0.2, 0.25) is 0 Å². The summed E-state index contributed by atoms with van der Waals surface area (Å²) in [4.78, 5) is 8.56. The molecule has 0 bridgehead atoms. The van der Waals surface area contributed by atoms with Crippen LogP contribution in [-0.4, -0.2) is 49.2 Å². The van der Waals surface area contributed by atoms with E-state index in [-0.39, 0.29) is 0 Å².